The molecule has 1 aromatic carbocycles. The number of carbonyl (C=O) groups excluding carboxylic acids is 2. The third-order valence-corrected chi connectivity index (χ3v) is 3.77. The minimum Gasteiger partial charge on any atom is -0.461 e. The van der Waals surface area contributed by atoms with Crippen molar-refractivity contribution < 1.29 is 27.8 Å². The van der Waals surface area contributed by atoms with Crippen molar-refractivity contribution in [3.8, 4) is 0 Å². The summed E-state index contributed by atoms with van der Waals surface area (Å²) in [5, 5.41) is 0. The Hall–Kier alpha value is -2.50. The standard InChI is InChI=1S/C18H18F2O4/c1-2-9-23-17(21)14-5-3-4-6-15(14)18(22)24-11-12-7-8-13(19)10-16(12)20/h2-4,7-8,10,14-15H,1,5-6,9,11H2. The molecule has 2 rings (SSSR count). The molecule has 0 spiro atoms. The second-order valence-electron chi connectivity index (χ2n) is 5.42. The van der Waals surface area contributed by atoms with Crippen molar-refractivity contribution >= 4 is 11.9 Å². The van der Waals surface area contributed by atoms with Crippen molar-refractivity contribution in [1.82, 2.24) is 0 Å². The smallest absolute Gasteiger partial charge is 0.310 e. The zero-order valence-corrected chi connectivity index (χ0v) is 13.0. The van der Waals surface area contributed by atoms with Gasteiger partial charge in [0.15, 0.2) is 0 Å². The second-order valence-corrected chi connectivity index (χ2v) is 5.42. The monoisotopic (exact) mass is 336 g/mol. The van der Waals surface area contributed by atoms with E-state index in [9.17, 15) is 18.4 Å². The Labute approximate surface area is 138 Å². The largest absolute Gasteiger partial charge is 0.461 e. The summed E-state index contributed by atoms with van der Waals surface area (Å²) in [5.74, 6) is -3.91. The van der Waals surface area contributed by atoms with E-state index in [1.165, 1.54) is 12.1 Å². The van der Waals surface area contributed by atoms with Crippen molar-refractivity contribution in [2.75, 3.05) is 6.61 Å². The quantitative estimate of drug-likeness (QED) is 0.591. The van der Waals surface area contributed by atoms with Crippen LogP contribution in [0.3, 0.4) is 0 Å². The number of esters is 2. The van der Waals surface area contributed by atoms with Gasteiger partial charge in [0.05, 0.1) is 11.8 Å². The van der Waals surface area contributed by atoms with E-state index in [0.29, 0.717) is 12.8 Å². The molecule has 1 aromatic rings. The SMILES string of the molecule is C=CCOC(=O)C1CC=CCC1C(=O)OCc1ccc(F)cc1F. The second kappa shape index (κ2) is 8.38. The Kier molecular flexibility index (Phi) is 6.23. The molecule has 2 unspecified atom stereocenters. The minimum atomic E-state index is -0.784. The third kappa shape index (κ3) is 4.50. The molecular formula is C18H18F2O4. The molecule has 0 bridgehead atoms. The van der Waals surface area contributed by atoms with Gasteiger partial charge in [-0.1, -0.05) is 24.8 Å². The molecule has 0 aromatic heterocycles. The summed E-state index contributed by atoms with van der Waals surface area (Å²) in [7, 11) is 0. The summed E-state index contributed by atoms with van der Waals surface area (Å²) in [5.41, 5.74) is 0.0712. The van der Waals surface area contributed by atoms with E-state index in [1.54, 1.807) is 6.08 Å². The number of carbonyl (C=O) groups is 2. The highest BCUT2D eigenvalue weighted by molar-refractivity contribution is 5.82. The van der Waals surface area contributed by atoms with Crippen LogP contribution in [0.25, 0.3) is 0 Å². The lowest BCUT2D eigenvalue weighted by molar-refractivity contribution is -0.161. The van der Waals surface area contributed by atoms with Crippen LogP contribution in [-0.4, -0.2) is 18.5 Å². The lowest BCUT2D eigenvalue weighted by Crippen LogP contribution is -2.33. The van der Waals surface area contributed by atoms with Gasteiger partial charge in [-0.2, -0.15) is 0 Å². The average Bonchev–Trinajstić information content (AvgIpc) is 2.58. The maximum atomic E-state index is 13.6. The number of halogens is 2. The normalized spacial score (nSPS) is 19.6. The first kappa shape index (κ1) is 17.8. The Morgan fingerprint density at radius 2 is 1.75 bits per heavy atom. The number of ether oxygens (including phenoxy) is 2. The van der Waals surface area contributed by atoms with Crippen LogP contribution in [0.5, 0.6) is 0 Å². The van der Waals surface area contributed by atoms with Gasteiger partial charge in [0.1, 0.15) is 24.8 Å². The molecule has 0 heterocycles. The summed E-state index contributed by atoms with van der Waals surface area (Å²) in [6.07, 6.45) is 5.77. The molecule has 128 valence electrons. The third-order valence-electron chi connectivity index (χ3n) is 3.77. The highest BCUT2D eigenvalue weighted by Crippen LogP contribution is 2.28. The molecule has 0 N–H and O–H groups in total. The van der Waals surface area contributed by atoms with Crippen molar-refractivity contribution in [2.45, 2.75) is 19.4 Å². The van der Waals surface area contributed by atoms with Crippen LogP contribution in [0.2, 0.25) is 0 Å². The molecule has 4 nitrogen and oxygen atoms in total. The molecular weight excluding hydrogens is 318 g/mol. The van der Waals surface area contributed by atoms with Gasteiger partial charge in [0.25, 0.3) is 0 Å². The molecule has 0 fully saturated rings. The fourth-order valence-corrected chi connectivity index (χ4v) is 2.48. The molecule has 1 aliphatic carbocycles. The first-order chi connectivity index (χ1) is 11.5. The van der Waals surface area contributed by atoms with Gasteiger partial charge in [-0.25, -0.2) is 8.78 Å². The van der Waals surface area contributed by atoms with E-state index in [4.69, 9.17) is 9.47 Å². The van der Waals surface area contributed by atoms with Crippen LogP contribution in [0.4, 0.5) is 8.78 Å². The maximum absolute atomic E-state index is 13.6. The highest BCUT2D eigenvalue weighted by atomic mass is 19.1. The fourth-order valence-electron chi connectivity index (χ4n) is 2.48. The number of hydrogen-bond donors (Lipinski definition) is 0. The Bertz CT molecular complexity index is 654. The van der Waals surface area contributed by atoms with E-state index in [1.807, 2.05) is 6.08 Å². The Morgan fingerprint density at radius 3 is 2.33 bits per heavy atom. The molecule has 0 saturated heterocycles. The van der Waals surface area contributed by atoms with Crippen molar-refractivity contribution in [1.29, 1.82) is 0 Å². The molecule has 1 aliphatic rings. The van der Waals surface area contributed by atoms with Crippen LogP contribution < -0.4 is 0 Å². The molecule has 6 heteroatoms. The predicted octanol–water partition coefficient (Wildman–Crippen LogP) is 3.32. The van der Waals surface area contributed by atoms with Gasteiger partial charge in [-0.05, 0) is 25.0 Å². The van der Waals surface area contributed by atoms with Gasteiger partial charge in [-0.3, -0.25) is 9.59 Å². The van der Waals surface area contributed by atoms with Crippen LogP contribution in [0.15, 0.2) is 43.0 Å². The predicted molar refractivity (Wildman–Crippen MR) is 82.7 cm³/mol. The summed E-state index contributed by atoms with van der Waals surface area (Å²) < 4.78 is 36.5. The van der Waals surface area contributed by atoms with E-state index < -0.39 is 35.4 Å². The van der Waals surface area contributed by atoms with E-state index in [0.717, 1.165) is 12.1 Å². The number of rotatable bonds is 6. The van der Waals surface area contributed by atoms with Crippen LogP contribution in [0, 0.1) is 23.5 Å². The molecule has 0 radical (unpaired) electrons. The summed E-state index contributed by atoms with van der Waals surface area (Å²) in [4.78, 5) is 24.3. The van der Waals surface area contributed by atoms with Gasteiger partial charge >= 0.3 is 11.9 Å². The van der Waals surface area contributed by atoms with Crippen LogP contribution in [0.1, 0.15) is 18.4 Å². The number of hydrogen-bond acceptors (Lipinski definition) is 4. The van der Waals surface area contributed by atoms with Crippen LogP contribution in [-0.2, 0) is 25.7 Å². The number of benzene rings is 1. The van der Waals surface area contributed by atoms with Crippen molar-refractivity contribution in [2.24, 2.45) is 11.8 Å². The average molecular weight is 336 g/mol. The fraction of sp³-hybridized carbons (Fsp3) is 0.333. The van der Waals surface area contributed by atoms with Gasteiger partial charge < -0.3 is 9.47 Å². The summed E-state index contributed by atoms with van der Waals surface area (Å²) in [6, 6.07) is 3.03. The van der Waals surface area contributed by atoms with Gasteiger partial charge in [-0.15, -0.1) is 0 Å². The van der Waals surface area contributed by atoms with Crippen LogP contribution >= 0.6 is 0 Å². The molecule has 0 saturated carbocycles. The molecule has 2 atom stereocenters. The zero-order valence-electron chi connectivity index (χ0n) is 13.0. The highest BCUT2D eigenvalue weighted by Gasteiger charge is 2.36. The summed E-state index contributed by atoms with van der Waals surface area (Å²) in [6.45, 7) is 3.22. The number of allylic oxidation sites excluding steroid dienone is 2. The van der Waals surface area contributed by atoms with Crippen molar-refractivity contribution in [3.63, 3.8) is 0 Å². The van der Waals surface area contributed by atoms with Crippen molar-refractivity contribution in [3.05, 3.63) is 60.2 Å². The molecule has 0 aliphatic heterocycles. The van der Waals surface area contributed by atoms with E-state index >= 15 is 0 Å². The molecule has 24 heavy (non-hydrogen) atoms. The summed E-state index contributed by atoms with van der Waals surface area (Å²) >= 11 is 0. The zero-order chi connectivity index (χ0) is 17.5. The topological polar surface area (TPSA) is 52.6 Å². The Morgan fingerprint density at radius 1 is 1.12 bits per heavy atom. The minimum absolute atomic E-state index is 0.0710. The van der Waals surface area contributed by atoms with Gasteiger partial charge in [0.2, 0.25) is 0 Å². The van der Waals surface area contributed by atoms with E-state index in [2.05, 4.69) is 6.58 Å². The first-order valence-corrected chi connectivity index (χ1v) is 7.56. The first-order valence-electron chi connectivity index (χ1n) is 7.56. The lowest BCUT2D eigenvalue weighted by Gasteiger charge is -2.25. The Balaban J connectivity index is 1.99. The maximum Gasteiger partial charge on any atom is 0.310 e. The lowest BCUT2D eigenvalue weighted by atomic mass is 9.83. The van der Waals surface area contributed by atoms with E-state index in [-0.39, 0.29) is 18.8 Å². The molecule has 0 amide bonds. The van der Waals surface area contributed by atoms with Gasteiger partial charge in [0, 0.05) is 11.6 Å².